The van der Waals surface area contributed by atoms with Crippen LogP contribution in [0.5, 0.6) is 0 Å². The highest BCUT2D eigenvalue weighted by molar-refractivity contribution is 7.92. The molecule has 0 amide bonds. The van der Waals surface area contributed by atoms with Crippen LogP contribution in [0.2, 0.25) is 0 Å². The SMILES string of the molecule is Cn1ccnc1CN1CCN(c2ccc(F)cc2S(=O)(=O)C(F)(F)F)CC1. The van der Waals surface area contributed by atoms with E-state index in [1.165, 1.54) is 4.90 Å². The Morgan fingerprint density at radius 2 is 1.81 bits per heavy atom. The van der Waals surface area contributed by atoms with Crippen molar-refractivity contribution in [3.63, 3.8) is 0 Å². The molecule has 1 fully saturated rings. The molecule has 0 unspecified atom stereocenters. The normalized spacial score (nSPS) is 16.7. The number of rotatable bonds is 4. The molecule has 1 aromatic heterocycles. The van der Waals surface area contributed by atoms with E-state index >= 15 is 0 Å². The molecule has 0 spiro atoms. The first-order valence-electron chi connectivity index (χ1n) is 8.14. The van der Waals surface area contributed by atoms with Crippen LogP contribution >= 0.6 is 0 Å². The Labute approximate surface area is 153 Å². The van der Waals surface area contributed by atoms with Gasteiger partial charge in [0.05, 0.1) is 12.2 Å². The highest BCUT2D eigenvalue weighted by atomic mass is 32.2. The van der Waals surface area contributed by atoms with Gasteiger partial charge in [0.15, 0.2) is 0 Å². The first-order valence-corrected chi connectivity index (χ1v) is 9.62. The van der Waals surface area contributed by atoms with Crippen LogP contribution in [0.1, 0.15) is 5.82 Å². The van der Waals surface area contributed by atoms with E-state index in [0.29, 0.717) is 38.8 Å². The van der Waals surface area contributed by atoms with Gasteiger partial charge < -0.3 is 9.47 Å². The van der Waals surface area contributed by atoms with E-state index in [-0.39, 0.29) is 5.69 Å². The quantitative estimate of drug-likeness (QED) is 0.729. The molecule has 0 saturated carbocycles. The molecule has 1 aliphatic heterocycles. The van der Waals surface area contributed by atoms with Crippen molar-refractivity contribution >= 4 is 15.5 Å². The maximum atomic E-state index is 13.5. The highest BCUT2D eigenvalue weighted by Crippen LogP contribution is 2.36. The minimum absolute atomic E-state index is 0.134. The second-order valence-electron chi connectivity index (χ2n) is 6.28. The Kier molecular flexibility index (Phi) is 5.17. The molecule has 0 atom stereocenters. The predicted octanol–water partition coefficient (Wildman–Crippen LogP) is 2.17. The molecular formula is C16H18F4N4O2S. The molecule has 6 nitrogen and oxygen atoms in total. The minimum Gasteiger partial charge on any atom is -0.368 e. The number of nitrogens with zero attached hydrogens (tertiary/aromatic N) is 4. The number of aryl methyl sites for hydroxylation is 1. The minimum atomic E-state index is -5.65. The molecule has 11 heteroatoms. The average molecular weight is 406 g/mol. The fourth-order valence-electron chi connectivity index (χ4n) is 2.98. The topological polar surface area (TPSA) is 58.4 Å². The van der Waals surface area contributed by atoms with Crippen molar-refractivity contribution in [2.24, 2.45) is 7.05 Å². The second kappa shape index (κ2) is 7.12. The summed E-state index contributed by atoms with van der Waals surface area (Å²) in [6.45, 7) is 2.23. The van der Waals surface area contributed by atoms with Crippen LogP contribution in [0.4, 0.5) is 23.2 Å². The fourth-order valence-corrected chi connectivity index (χ4v) is 3.97. The predicted molar refractivity (Wildman–Crippen MR) is 90.3 cm³/mol. The van der Waals surface area contributed by atoms with Gasteiger partial charge in [0.25, 0.3) is 9.84 Å². The molecule has 3 rings (SSSR count). The number of halogens is 4. The Bertz CT molecular complexity index is 919. The standard InChI is InChI=1S/C16H18F4N4O2S/c1-22-5-4-21-15(22)11-23-6-8-24(9-7-23)13-3-2-12(17)10-14(13)27(25,26)16(18,19)20/h2-5,10H,6-9,11H2,1H3. The van der Waals surface area contributed by atoms with Crippen molar-refractivity contribution in [2.75, 3.05) is 31.1 Å². The summed E-state index contributed by atoms with van der Waals surface area (Å²) in [5.74, 6) is -0.180. The van der Waals surface area contributed by atoms with Crippen molar-refractivity contribution in [3.05, 3.63) is 42.2 Å². The smallest absolute Gasteiger partial charge is 0.368 e. The van der Waals surface area contributed by atoms with Gasteiger partial charge in [-0.25, -0.2) is 17.8 Å². The number of aromatic nitrogens is 2. The van der Waals surface area contributed by atoms with E-state index in [9.17, 15) is 26.0 Å². The summed E-state index contributed by atoms with van der Waals surface area (Å²) in [6, 6.07) is 2.48. The lowest BCUT2D eigenvalue weighted by atomic mass is 10.2. The molecular weight excluding hydrogens is 388 g/mol. The van der Waals surface area contributed by atoms with E-state index in [1.54, 1.807) is 6.20 Å². The molecule has 27 heavy (non-hydrogen) atoms. The van der Waals surface area contributed by atoms with Crippen LogP contribution in [0, 0.1) is 5.82 Å². The molecule has 148 valence electrons. The number of benzene rings is 1. The van der Waals surface area contributed by atoms with Gasteiger partial charge in [-0.05, 0) is 18.2 Å². The molecule has 1 saturated heterocycles. The first kappa shape index (κ1) is 19.6. The first-order chi connectivity index (χ1) is 12.6. The number of piperazine rings is 1. The van der Waals surface area contributed by atoms with Crippen LogP contribution in [-0.4, -0.2) is 54.6 Å². The summed E-state index contributed by atoms with van der Waals surface area (Å²) in [4.78, 5) is 6.79. The van der Waals surface area contributed by atoms with E-state index < -0.39 is 26.1 Å². The third-order valence-electron chi connectivity index (χ3n) is 4.52. The lowest BCUT2D eigenvalue weighted by Gasteiger charge is -2.36. The Balaban J connectivity index is 1.80. The summed E-state index contributed by atoms with van der Waals surface area (Å²) >= 11 is 0. The average Bonchev–Trinajstić information content (AvgIpc) is 2.99. The van der Waals surface area contributed by atoms with Gasteiger partial charge in [-0.3, -0.25) is 4.90 Å². The maximum Gasteiger partial charge on any atom is 0.501 e. The Morgan fingerprint density at radius 1 is 1.15 bits per heavy atom. The highest BCUT2D eigenvalue weighted by Gasteiger charge is 2.48. The monoisotopic (exact) mass is 406 g/mol. The molecule has 2 heterocycles. The van der Waals surface area contributed by atoms with E-state index in [0.717, 1.165) is 18.0 Å². The summed E-state index contributed by atoms with van der Waals surface area (Å²) < 4.78 is 77.9. The molecule has 0 N–H and O–H groups in total. The molecule has 1 aromatic carbocycles. The summed E-state index contributed by atoms with van der Waals surface area (Å²) in [7, 11) is -3.78. The molecule has 1 aliphatic rings. The van der Waals surface area contributed by atoms with Gasteiger partial charge in [0.1, 0.15) is 16.5 Å². The largest absolute Gasteiger partial charge is 0.501 e. The molecule has 2 aromatic rings. The Morgan fingerprint density at radius 3 is 2.37 bits per heavy atom. The van der Waals surface area contributed by atoms with Crippen LogP contribution in [-0.2, 0) is 23.4 Å². The van der Waals surface area contributed by atoms with Crippen molar-refractivity contribution < 1.29 is 26.0 Å². The van der Waals surface area contributed by atoms with Gasteiger partial charge in [-0.2, -0.15) is 13.2 Å². The van der Waals surface area contributed by atoms with Crippen LogP contribution in [0.3, 0.4) is 0 Å². The van der Waals surface area contributed by atoms with Crippen LogP contribution in [0.25, 0.3) is 0 Å². The van der Waals surface area contributed by atoms with Gasteiger partial charge in [-0.1, -0.05) is 0 Å². The third kappa shape index (κ3) is 3.93. The van der Waals surface area contributed by atoms with E-state index in [1.807, 2.05) is 17.8 Å². The lowest BCUT2D eigenvalue weighted by molar-refractivity contribution is -0.0435. The van der Waals surface area contributed by atoms with E-state index in [4.69, 9.17) is 0 Å². The lowest BCUT2D eigenvalue weighted by Crippen LogP contribution is -2.46. The zero-order chi connectivity index (χ0) is 19.8. The fraction of sp³-hybridized carbons (Fsp3) is 0.438. The molecule has 0 aliphatic carbocycles. The zero-order valence-corrected chi connectivity index (χ0v) is 15.3. The Hall–Kier alpha value is -2.14. The summed E-state index contributed by atoms with van der Waals surface area (Å²) in [5, 5.41) is 0. The van der Waals surface area contributed by atoms with Gasteiger partial charge in [0.2, 0.25) is 0 Å². The zero-order valence-electron chi connectivity index (χ0n) is 14.4. The van der Waals surface area contributed by atoms with Gasteiger partial charge >= 0.3 is 5.51 Å². The number of sulfone groups is 1. The van der Waals surface area contributed by atoms with Crippen LogP contribution in [0.15, 0.2) is 35.5 Å². The molecule has 0 bridgehead atoms. The molecule has 0 radical (unpaired) electrons. The summed E-state index contributed by atoms with van der Waals surface area (Å²) in [6.07, 6.45) is 3.50. The van der Waals surface area contributed by atoms with E-state index in [2.05, 4.69) is 9.88 Å². The van der Waals surface area contributed by atoms with Crippen LogP contribution < -0.4 is 4.90 Å². The van der Waals surface area contributed by atoms with Crippen molar-refractivity contribution in [1.82, 2.24) is 14.5 Å². The van der Waals surface area contributed by atoms with Gasteiger partial charge in [-0.15, -0.1) is 0 Å². The van der Waals surface area contributed by atoms with Crippen molar-refractivity contribution in [3.8, 4) is 0 Å². The number of anilines is 1. The summed E-state index contributed by atoms with van der Waals surface area (Å²) in [5.41, 5.74) is -5.62. The van der Waals surface area contributed by atoms with Gasteiger partial charge in [0, 0.05) is 45.6 Å². The second-order valence-corrected chi connectivity index (χ2v) is 8.19. The van der Waals surface area contributed by atoms with Crippen molar-refractivity contribution in [2.45, 2.75) is 16.9 Å². The number of imidazole rings is 1. The van der Waals surface area contributed by atoms with Crippen molar-refractivity contribution in [1.29, 1.82) is 0 Å². The maximum absolute atomic E-state index is 13.5. The third-order valence-corrected chi connectivity index (χ3v) is 6.03. The number of alkyl halides is 3. The number of hydrogen-bond acceptors (Lipinski definition) is 5. The number of hydrogen-bond donors (Lipinski definition) is 0.